The summed E-state index contributed by atoms with van der Waals surface area (Å²) in [6.45, 7) is 6.68. The van der Waals surface area contributed by atoms with Crippen LogP contribution in [0, 0.1) is 6.92 Å². The molecule has 2 aliphatic rings. The second kappa shape index (κ2) is 6.73. The summed E-state index contributed by atoms with van der Waals surface area (Å²) in [5, 5.41) is 14.1. The molecule has 1 saturated heterocycles. The van der Waals surface area contributed by atoms with Gasteiger partial charge in [-0.15, -0.1) is 0 Å². The summed E-state index contributed by atoms with van der Waals surface area (Å²) in [5.74, 6) is 1.50. The number of nitrogens with one attached hydrogen (secondary N) is 1. The highest BCUT2D eigenvalue weighted by Gasteiger charge is 2.30. The lowest BCUT2D eigenvalue weighted by molar-refractivity contribution is 0.0271. The van der Waals surface area contributed by atoms with Gasteiger partial charge < -0.3 is 19.7 Å². The maximum absolute atomic E-state index is 10.6. The molecule has 2 N–H and O–H groups in total. The Kier molecular flexibility index (Phi) is 4.91. The second-order valence-electron chi connectivity index (χ2n) is 7.31. The lowest BCUT2D eigenvalue weighted by Gasteiger charge is -2.37. The highest BCUT2D eigenvalue weighted by molar-refractivity contribution is 5.13. The second-order valence-corrected chi connectivity index (χ2v) is 7.31. The molecular formula is C18H30N2O2. The fourth-order valence-electron chi connectivity index (χ4n) is 3.89. The summed E-state index contributed by atoms with van der Waals surface area (Å²) >= 11 is 0. The Morgan fingerprint density at radius 1 is 1.23 bits per heavy atom. The van der Waals surface area contributed by atoms with Gasteiger partial charge in [-0.25, -0.2) is 0 Å². The van der Waals surface area contributed by atoms with E-state index in [-0.39, 0.29) is 0 Å². The lowest BCUT2D eigenvalue weighted by atomic mass is 9.99. The molecule has 0 radical (unpaired) electrons. The van der Waals surface area contributed by atoms with E-state index in [1.807, 2.05) is 26.0 Å². The predicted molar refractivity (Wildman–Crippen MR) is 87.9 cm³/mol. The number of furan rings is 1. The number of hydrogen-bond donors (Lipinski definition) is 2. The average molecular weight is 306 g/mol. The van der Waals surface area contributed by atoms with Crippen molar-refractivity contribution in [3.05, 3.63) is 23.7 Å². The van der Waals surface area contributed by atoms with E-state index in [9.17, 15) is 5.11 Å². The summed E-state index contributed by atoms with van der Waals surface area (Å²) in [6.07, 6.45) is 7.98. The minimum Gasteiger partial charge on any atom is -0.463 e. The standard InChI is InChI=1S/C18H30N2O2/c1-14-7-8-17(22-14)18(2,21)13-19-15-9-11-20(12-10-15)16-5-3-4-6-16/h7-8,15-16,19,21H,3-6,9-13H2,1-2H3. The maximum atomic E-state index is 10.6. The molecule has 2 fully saturated rings. The summed E-state index contributed by atoms with van der Waals surface area (Å²) in [7, 11) is 0. The normalized spacial score (nSPS) is 24.7. The Bertz CT molecular complexity index is 469. The zero-order chi connectivity index (χ0) is 15.6. The number of hydrogen-bond acceptors (Lipinski definition) is 4. The molecule has 1 aromatic rings. The van der Waals surface area contributed by atoms with Crippen LogP contribution in [0.3, 0.4) is 0 Å². The lowest BCUT2D eigenvalue weighted by Crippen LogP contribution is -2.48. The van der Waals surface area contributed by atoms with E-state index in [2.05, 4.69) is 10.2 Å². The molecule has 1 unspecified atom stereocenters. The largest absolute Gasteiger partial charge is 0.463 e. The van der Waals surface area contributed by atoms with Gasteiger partial charge in [0.2, 0.25) is 0 Å². The van der Waals surface area contributed by atoms with Crippen molar-refractivity contribution >= 4 is 0 Å². The quantitative estimate of drug-likeness (QED) is 0.878. The molecule has 1 saturated carbocycles. The molecule has 3 rings (SSSR count). The van der Waals surface area contributed by atoms with E-state index in [0.717, 1.165) is 11.8 Å². The van der Waals surface area contributed by atoms with Crippen molar-refractivity contribution in [2.24, 2.45) is 0 Å². The van der Waals surface area contributed by atoms with Crippen molar-refractivity contribution in [3.8, 4) is 0 Å². The van der Waals surface area contributed by atoms with Crippen LogP contribution in [-0.4, -0.2) is 41.7 Å². The molecule has 124 valence electrons. The van der Waals surface area contributed by atoms with Crippen LogP contribution < -0.4 is 5.32 Å². The van der Waals surface area contributed by atoms with Crippen molar-refractivity contribution < 1.29 is 9.52 Å². The van der Waals surface area contributed by atoms with Gasteiger partial charge in [-0.2, -0.15) is 0 Å². The van der Waals surface area contributed by atoms with Crippen LogP contribution in [0.2, 0.25) is 0 Å². The summed E-state index contributed by atoms with van der Waals surface area (Å²) < 4.78 is 5.57. The van der Waals surface area contributed by atoms with E-state index in [4.69, 9.17) is 4.42 Å². The number of piperidine rings is 1. The van der Waals surface area contributed by atoms with Gasteiger partial charge in [-0.05, 0) is 64.8 Å². The van der Waals surface area contributed by atoms with Gasteiger partial charge >= 0.3 is 0 Å². The maximum Gasteiger partial charge on any atom is 0.136 e. The molecule has 0 aromatic carbocycles. The molecule has 22 heavy (non-hydrogen) atoms. The molecule has 1 aliphatic heterocycles. The third-order valence-corrected chi connectivity index (χ3v) is 5.38. The van der Waals surface area contributed by atoms with Crippen molar-refractivity contribution in [3.63, 3.8) is 0 Å². The van der Waals surface area contributed by atoms with E-state index in [0.29, 0.717) is 18.3 Å². The average Bonchev–Trinajstić information content (AvgIpc) is 3.17. The summed E-state index contributed by atoms with van der Waals surface area (Å²) in [4.78, 5) is 2.68. The summed E-state index contributed by atoms with van der Waals surface area (Å²) in [6, 6.07) is 5.14. The molecular weight excluding hydrogens is 276 g/mol. The molecule has 0 bridgehead atoms. The SMILES string of the molecule is Cc1ccc(C(C)(O)CNC2CCN(C3CCCC3)CC2)o1. The number of likely N-dealkylation sites (tertiary alicyclic amines) is 1. The molecule has 0 amide bonds. The van der Waals surface area contributed by atoms with Crippen LogP contribution in [0.15, 0.2) is 16.5 Å². The smallest absolute Gasteiger partial charge is 0.136 e. The minimum absolute atomic E-state index is 0.514. The molecule has 4 nitrogen and oxygen atoms in total. The first-order valence-electron chi connectivity index (χ1n) is 8.81. The Morgan fingerprint density at radius 2 is 1.91 bits per heavy atom. The van der Waals surface area contributed by atoms with Gasteiger partial charge in [0.05, 0.1) is 0 Å². The highest BCUT2D eigenvalue weighted by atomic mass is 16.4. The van der Waals surface area contributed by atoms with Gasteiger partial charge in [-0.3, -0.25) is 0 Å². The molecule has 4 heteroatoms. The zero-order valence-corrected chi connectivity index (χ0v) is 14.0. The van der Waals surface area contributed by atoms with Crippen molar-refractivity contribution in [2.45, 2.75) is 70.1 Å². The third-order valence-electron chi connectivity index (χ3n) is 5.38. The Labute approximate surface area is 133 Å². The molecule has 2 heterocycles. The van der Waals surface area contributed by atoms with E-state index in [1.165, 1.54) is 51.6 Å². The van der Waals surface area contributed by atoms with Crippen LogP contribution in [0.5, 0.6) is 0 Å². The Hall–Kier alpha value is -0.840. The fourth-order valence-corrected chi connectivity index (χ4v) is 3.89. The van der Waals surface area contributed by atoms with Crippen LogP contribution in [0.1, 0.15) is 57.0 Å². The predicted octanol–water partition coefficient (Wildman–Crippen LogP) is 2.79. The van der Waals surface area contributed by atoms with Gasteiger partial charge in [0.15, 0.2) is 0 Å². The first kappa shape index (κ1) is 16.0. The molecule has 1 atom stereocenters. The Balaban J connectivity index is 1.44. The van der Waals surface area contributed by atoms with Gasteiger partial charge in [0, 0.05) is 18.6 Å². The molecule has 0 spiro atoms. The monoisotopic (exact) mass is 306 g/mol. The number of rotatable bonds is 5. The van der Waals surface area contributed by atoms with Crippen molar-refractivity contribution in [2.75, 3.05) is 19.6 Å². The fraction of sp³-hybridized carbons (Fsp3) is 0.778. The molecule has 1 aromatic heterocycles. The first-order valence-corrected chi connectivity index (χ1v) is 8.81. The van der Waals surface area contributed by atoms with Crippen molar-refractivity contribution in [1.82, 2.24) is 10.2 Å². The van der Waals surface area contributed by atoms with E-state index < -0.39 is 5.60 Å². The first-order chi connectivity index (χ1) is 10.5. The van der Waals surface area contributed by atoms with Gasteiger partial charge in [0.25, 0.3) is 0 Å². The van der Waals surface area contributed by atoms with Crippen LogP contribution >= 0.6 is 0 Å². The van der Waals surface area contributed by atoms with E-state index >= 15 is 0 Å². The zero-order valence-electron chi connectivity index (χ0n) is 14.0. The minimum atomic E-state index is -0.934. The Morgan fingerprint density at radius 3 is 2.50 bits per heavy atom. The van der Waals surface area contributed by atoms with Gasteiger partial charge in [0.1, 0.15) is 17.1 Å². The van der Waals surface area contributed by atoms with Crippen LogP contribution in [-0.2, 0) is 5.60 Å². The van der Waals surface area contributed by atoms with E-state index in [1.54, 1.807) is 0 Å². The topological polar surface area (TPSA) is 48.6 Å². The summed E-state index contributed by atoms with van der Waals surface area (Å²) in [5.41, 5.74) is -0.934. The van der Waals surface area contributed by atoms with Crippen LogP contribution in [0.4, 0.5) is 0 Å². The molecule has 1 aliphatic carbocycles. The van der Waals surface area contributed by atoms with Crippen molar-refractivity contribution in [1.29, 1.82) is 0 Å². The highest BCUT2D eigenvalue weighted by Crippen LogP contribution is 2.27. The number of aryl methyl sites for hydroxylation is 1. The third kappa shape index (κ3) is 3.73. The van der Waals surface area contributed by atoms with Crippen LogP contribution in [0.25, 0.3) is 0 Å². The van der Waals surface area contributed by atoms with Gasteiger partial charge in [-0.1, -0.05) is 12.8 Å². The number of nitrogens with zero attached hydrogens (tertiary/aromatic N) is 1. The number of aliphatic hydroxyl groups is 1.